The molecule has 1 aliphatic carbocycles. The Kier molecular flexibility index (Phi) is 2.39. The maximum atomic E-state index is 2.31. The summed E-state index contributed by atoms with van der Waals surface area (Å²) in [5.74, 6) is 2.02. The molecule has 1 aromatic carbocycles. The molecule has 0 bridgehead atoms. The number of hydrogen-bond donors (Lipinski definition) is 0. The SMILES string of the molecule is CCC1CC1Cc1ccccc1C. The zero-order chi connectivity index (χ0) is 9.26. The second-order valence-corrected chi connectivity index (χ2v) is 4.29. The fraction of sp³-hybridized carbons (Fsp3) is 0.538. The highest BCUT2D eigenvalue weighted by Crippen LogP contribution is 2.43. The molecule has 2 rings (SSSR count). The van der Waals surface area contributed by atoms with Crippen LogP contribution in [0.1, 0.15) is 30.9 Å². The van der Waals surface area contributed by atoms with Crippen LogP contribution in [0, 0.1) is 18.8 Å². The van der Waals surface area contributed by atoms with Crippen molar-refractivity contribution < 1.29 is 0 Å². The number of hydrogen-bond acceptors (Lipinski definition) is 0. The molecule has 0 nitrogen and oxygen atoms in total. The molecule has 0 aliphatic heterocycles. The number of benzene rings is 1. The number of rotatable bonds is 3. The fourth-order valence-electron chi connectivity index (χ4n) is 2.18. The van der Waals surface area contributed by atoms with Crippen LogP contribution in [-0.4, -0.2) is 0 Å². The van der Waals surface area contributed by atoms with E-state index in [9.17, 15) is 0 Å². The summed E-state index contributed by atoms with van der Waals surface area (Å²) in [5.41, 5.74) is 3.02. The first-order chi connectivity index (χ1) is 6.31. The molecule has 0 aromatic heterocycles. The molecule has 1 aromatic rings. The maximum Gasteiger partial charge on any atom is -0.0245 e. The van der Waals surface area contributed by atoms with Gasteiger partial charge in [-0.15, -0.1) is 0 Å². The van der Waals surface area contributed by atoms with E-state index in [4.69, 9.17) is 0 Å². The predicted molar refractivity (Wildman–Crippen MR) is 56.8 cm³/mol. The minimum atomic E-state index is 0.992. The molecule has 1 aliphatic rings. The van der Waals surface area contributed by atoms with Crippen LogP contribution in [0.5, 0.6) is 0 Å². The lowest BCUT2D eigenvalue weighted by atomic mass is 10.0. The van der Waals surface area contributed by atoms with Gasteiger partial charge in [-0.25, -0.2) is 0 Å². The van der Waals surface area contributed by atoms with Crippen molar-refractivity contribution in [3.63, 3.8) is 0 Å². The molecule has 70 valence electrons. The fourth-order valence-corrected chi connectivity index (χ4v) is 2.18. The second-order valence-electron chi connectivity index (χ2n) is 4.29. The molecule has 13 heavy (non-hydrogen) atoms. The second kappa shape index (κ2) is 3.53. The van der Waals surface area contributed by atoms with Gasteiger partial charge in [-0.2, -0.15) is 0 Å². The van der Waals surface area contributed by atoms with Crippen molar-refractivity contribution in [3.05, 3.63) is 35.4 Å². The van der Waals surface area contributed by atoms with Crippen LogP contribution in [0.15, 0.2) is 24.3 Å². The Morgan fingerprint density at radius 1 is 1.23 bits per heavy atom. The first kappa shape index (κ1) is 8.80. The zero-order valence-electron chi connectivity index (χ0n) is 8.59. The Morgan fingerprint density at radius 2 is 2.00 bits per heavy atom. The molecule has 2 unspecified atom stereocenters. The van der Waals surface area contributed by atoms with Crippen LogP contribution < -0.4 is 0 Å². The quantitative estimate of drug-likeness (QED) is 0.657. The summed E-state index contributed by atoms with van der Waals surface area (Å²) >= 11 is 0. The molecule has 0 heteroatoms. The largest absolute Gasteiger partial charge is 0.0651 e. The van der Waals surface area contributed by atoms with E-state index < -0.39 is 0 Å². The summed E-state index contributed by atoms with van der Waals surface area (Å²) in [6.45, 7) is 4.53. The van der Waals surface area contributed by atoms with Crippen LogP contribution in [-0.2, 0) is 6.42 Å². The molecule has 1 saturated carbocycles. The Bertz CT molecular complexity index is 288. The van der Waals surface area contributed by atoms with E-state index in [-0.39, 0.29) is 0 Å². The van der Waals surface area contributed by atoms with Gasteiger partial charge in [0.2, 0.25) is 0 Å². The van der Waals surface area contributed by atoms with Gasteiger partial charge < -0.3 is 0 Å². The molecule has 0 heterocycles. The summed E-state index contributed by atoms with van der Waals surface area (Å²) in [6, 6.07) is 8.79. The lowest BCUT2D eigenvalue weighted by Crippen LogP contribution is -1.92. The van der Waals surface area contributed by atoms with E-state index in [1.165, 1.54) is 24.8 Å². The van der Waals surface area contributed by atoms with Crippen molar-refractivity contribution in [1.29, 1.82) is 0 Å². The highest BCUT2D eigenvalue weighted by atomic mass is 14.4. The normalized spacial score (nSPS) is 26.0. The topological polar surface area (TPSA) is 0 Å². The van der Waals surface area contributed by atoms with Gasteiger partial charge in [0.1, 0.15) is 0 Å². The van der Waals surface area contributed by atoms with Gasteiger partial charge in [-0.3, -0.25) is 0 Å². The smallest absolute Gasteiger partial charge is 0.0245 e. The lowest BCUT2D eigenvalue weighted by Gasteiger charge is -2.03. The lowest BCUT2D eigenvalue weighted by molar-refractivity contribution is 0.676. The summed E-state index contributed by atoms with van der Waals surface area (Å²) in [5, 5.41) is 0. The molecule has 0 spiro atoms. The van der Waals surface area contributed by atoms with E-state index in [0.717, 1.165) is 11.8 Å². The third-order valence-corrected chi connectivity index (χ3v) is 3.34. The Hall–Kier alpha value is -0.780. The average molecular weight is 174 g/mol. The average Bonchev–Trinajstić information content (AvgIpc) is 2.88. The maximum absolute atomic E-state index is 2.31. The molecular formula is C13H18. The summed E-state index contributed by atoms with van der Waals surface area (Å²) in [4.78, 5) is 0. The van der Waals surface area contributed by atoms with Crippen LogP contribution in [0.2, 0.25) is 0 Å². The molecule has 0 saturated heterocycles. The van der Waals surface area contributed by atoms with Crippen molar-refractivity contribution in [1.82, 2.24) is 0 Å². The first-order valence-corrected chi connectivity index (χ1v) is 5.35. The minimum absolute atomic E-state index is 0.992. The van der Waals surface area contributed by atoms with Crippen molar-refractivity contribution in [3.8, 4) is 0 Å². The monoisotopic (exact) mass is 174 g/mol. The summed E-state index contributed by atoms with van der Waals surface area (Å²) in [7, 11) is 0. The van der Waals surface area contributed by atoms with Crippen LogP contribution in [0.4, 0.5) is 0 Å². The molecule has 1 fully saturated rings. The van der Waals surface area contributed by atoms with Crippen molar-refractivity contribution in [2.24, 2.45) is 11.8 Å². The first-order valence-electron chi connectivity index (χ1n) is 5.35. The van der Waals surface area contributed by atoms with Crippen LogP contribution >= 0.6 is 0 Å². The number of aryl methyl sites for hydroxylation is 1. The Balaban J connectivity index is 1.99. The molecule has 0 radical (unpaired) electrons. The van der Waals surface area contributed by atoms with E-state index in [1.807, 2.05) is 0 Å². The van der Waals surface area contributed by atoms with Gasteiger partial charge in [0.15, 0.2) is 0 Å². The standard InChI is InChI=1S/C13H18/c1-3-11-8-13(11)9-12-7-5-4-6-10(12)2/h4-7,11,13H,3,8-9H2,1-2H3. The molecule has 0 amide bonds. The highest BCUT2D eigenvalue weighted by molar-refractivity contribution is 5.26. The Morgan fingerprint density at radius 3 is 2.62 bits per heavy atom. The zero-order valence-corrected chi connectivity index (χ0v) is 8.59. The minimum Gasteiger partial charge on any atom is -0.0651 e. The van der Waals surface area contributed by atoms with Gasteiger partial charge in [0.25, 0.3) is 0 Å². The van der Waals surface area contributed by atoms with E-state index in [1.54, 1.807) is 5.56 Å². The van der Waals surface area contributed by atoms with Crippen LogP contribution in [0.3, 0.4) is 0 Å². The Labute approximate surface area is 81.0 Å². The van der Waals surface area contributed by atoms with Gasteiger partial charge in [-0.1, -0.05) is 37.6 Å². The van der Waals surface area contributed by atoms with Gasteiger partial charge in [0.05, 0.1) is 0 Å². The third-order valence-electron chi connectivity index (χ3n) is 3.34. The molecule has 2 atom stereocenters. The van der Waals surface area contributed by atoms with Crippen molar-refractivity contribution >= 4 is 0 Å². The molecule has 0 N–H and O–H groups in total. The predicted octanol–water partition coefficient (Wildman–Crippen LogP) is 3.58. The summed E-state index contributed by atoms with van der Waals surface area (Å²) in [6.07, 6.45) is 4.15. The summed E-state index contributed by atoms with van der Waals surface area (Å²) < 4.78 is 0. The van der Waals surface area contributed by atoms with Gasteiger partial charge in [-0.05, 0) is 42.7 Å². The molecular weight excluding hydrogens is 156 g/mol. The van der Waals surface area contributed by atoms with E-state index in [0.29, 0.717) is 0 Å². The third kappa shape index (κ3) is 1.93. The highest BCUT2D eigenvalue weighted by Gasteiger charge is 2.34. The van der Waals surface area contributed by atoms with Gasteiger partial charge >= 0.3 is 0 Å². The van der Waals surface area contributed by atoms with Crippen molar-refractivity contribution in [2.75, 3.05) is 0 Å². The van der Waals surface area contributed by atoms with E-state index in [2.05, 4.69) is 38.1 Å². The van der Waals surface area contributed by atoms with Crippen molar-refractivity contribution in [2.45, 2.75) is 33.1 Å². The van der Waals surface area contributed by atoms with Crippen LogP contribution in [0.25, 0.3) is 0 Å². The van der Waals surface area contributed by atoms with E-state index >= 15 is 0 Å². The van der Waals surface area contributed by atoms with Gasteiger partial charge in [0, 0.05) is 0 Å².